The van der Waals surface area contributed by atoms with Crippen molar-refractivity contribution in [3.05, 3.63) is 29.8 Å². The number of carbonyl (C=O) groups is 2. The first-order chi connectivity index (χ1) is 9.02. The predicted molar refractivity (Wildman–Crippen MR) is 71.2 cm³/mol. The fourth-order valence-electron chi connectivity index (χ4n) is 1.62. The molecule has 104 valence electrons. The molecule has 1 aromatic carbocycles. The van der Waals surface area contributed by atoms with Crippen molar-refractivity contribution in [2.24, 2.45) is 0 Å². The highest BCUT2D eigenvalue weighted by Gasteiger charge is 2.18. The van der Waals surface area contributed by atoms with Crippen LogP contribution in [0.2, 0.25) is 0 Å². The lowest BCUT2D eigenvalue weighted by Crippen LogP contribution is -2.41. The Kier molecular flexibility index (Phi) is 5.85. The van der Waals surface area contributed by atoms with Crippen molar-refractivity contribution >= 4 is 11.9 Å². The Labute approximate surface area is 112 Å². The molecule has 0 aromatic heterocycles. The van der Waals surface area contributed by atoms with Crippen LogP contribution in [0.3, 0.4) is 0 Å². The first-order valence-electron chi connectivity index (χ1n) is 6.24. The summed E-state index contributed by atoms with van der Waals surface area (Å²) in [6, 6.07) is 6.32. The molecule has 0 bridgehead atoms. The molecule has 5 heteroatoms. The van der Waals surface area contributed by atoms with Crippen LogP contribution in [0.5, 0.6) is 5.75 Å². The van der Waals surface area contributed by atoms with Gasteiger partial charge in [0.25, 0.3) is 0 Å². The maximum Gasteiger partial charge on any atom is 0.326 e. The van der Waals surface area contributed by atoms with E-state index in [-0.39, 0.29) is 12.3 Å². The monoisotopic (exact) mass is 265 g/mol. The third-order valence-corrected chi connectivity index (χ3v) is 2.51. The summed E-state index contributed by atoms with van der Waals surface area (Å²) in [4.78, 5) is 21.9. The van der Waals surface area contributed by atoms with Gasteiger partial charge in [-0.15, -0.1) is 0 Å². The van der Waals surface area contributed by atoms with E-state index in [0.29, 0.717) is 6.61 Å². The number of ether oxygens (including phenoxy) is 1. The zero-order chi connectivity index (χ0) is 14.3. The summed E-state index contributed by atoms with van der Waals surface area (Å²) in [7, 11) is 0. The molecule has 1 rings (SSSR count). The standard InChI is InChI=1S/C14H19NO4/c1-3-8-19-12-6-4-11(5-7-12)9-13(14(17)18)15-10(2)16/h4-7,13H,3,8-9H2,1-2H3,(H,15,16)(H,17,18). The minimum Gasteiger partial charge on any atom is -0.494 e. The lowest BCUT2D eigenvalue weighted by atomic mass is 10.1. The maximum atomic E-state index is 11.0. The highest BCUT2D eigenvalue weighted by Crippen LogP contribution is 2.13. The van der Waals surface area contributed by atoms with Crippen molar-refractivity contribution in [3.8, 4) is 5.75 Å². The summed E-state index contributed by atoms with van der Waals surface area (Å²) in [5, 5.41) is 11.4. The molecule has 1 atom stereocenters. The van der Waals surface area contributed by atoms with Gasteiger partial charge in [0.05, 0.1) is 6.61 Å². The van der Waals surface area contributed by atoms with Crippen molar-refractivity contribution in [2.45, 2.75) is 32.7 Å². The van der Waals surface area contributed by atoms with E-state index in [9.17, 15) is 9.59 Å². The van der Waals surface area contributed by atoms with Crippen LogP contribution in [-0.2, 0) is 16.0 Å². The van der Waals surface area contributed by atoms with E-state index >= 15 is 0 Å². The number of rotatable bonds is 7. The van der Waals surface area contributed by atoms with Crippen LogP contribution in [0.4, 0.5) is 0 Å². The molecule has 1 amide bonds. The zero-order valence-electron chi connectivity index (χ0n) is 11.2. The first kappa shape index (κ1) is 15.0. The molecule has 2 N–H and O–H groups in total. The first-order valence-corrected chi connectivity index (χ1v) is 6.24. The number of carboxylic acid groups (broad SMARTS) is 1. The van der Waals surface area contributed by atoms with Gasteiger partial charge < -0.3 is 15.2 Å². The van der Waals surface area contributed by atoms with Crippen LogP contribution in [0.15, 0.2) is 24.3 Å². The number of amides is 1. The molecule has 0 aliphatic rings. The number of nitrogens with one attached hydrogen (secondary N) is 1. The number of hydrogen-bond acceptors (Lipinski definition) is 3. The van der Waals surface area contributed by atoms with Gasteiger partial charge in [-0.25, -0.2) is 4.79 Å². The Morgan fingerprint density at radius 1 is 1.32 bits per heavy atom. The number of benzene rings is 1. The maximum absolute atomic E-state index is 11.0. The summed E-state index contributed by atoms with van der Waals surface area (Å²) in [6.07, 6.45) is 1.19. The average Bonchev–Trinajstić information content (AvgIpc) is 2.36. The van der Waals surface area contributed by atoms with E-state index < -0.39 is 12.0 Å². The second-order valence-corrected chi connectivity index (χ2v) is 4.29. The second kappa shape index (κ2) is 7.41. The minimum atomic E-state index is -1.04. The van der Waals surface area contributed by atoms with E-state index in [4.69, 9.17) is 9.84 Å². The van der Waals surface area contributed by atoms with Crippen LogP contribution in [0.1, 0.15) is 25.8 Å². The van der Waals surface area contributed by atoms with Crippen molar-refractivity contribution in [1.29, 1.82) is 0 Å². The Morgan fingerprint density at radius 2 is 1.95 bits per heavy atom. The van der Waals surface area contributed by atoms with Gasteiger partial charge in [0.1, 0.15) is 11.8 Å². The Bertz CT molecular complexity index is 428. The number of carboxylic acids is 1. The lowest BCUT2D eigenvalue weighted by Gasteiger charge is -2.13. The van der Waals surface area contributed by atoms with E-state index in [1.165, 1.54) is 6.92 Å². The van der Waals surface area contributed by atoms with Crippen molar-refractivity contribution in [3.63, 3.8) is 0 Å². The Morgan fingerprint density at radius 3 is 2.42 bits per heavy atom. The van der Waals surface area contributed by atoms with Crippen LogP contribution < -0.4 is 10.1 Å². The molecule has 0 heterocycles. The normalized spacial score (nSPS) is 11.7. The number of carbonyl (C=O) groups excluding carboxylic acids is 1. The van der Waals surface area contributed by atoms with Gasteiger partial charge in [-0.2, -0.15) is 0 Å². The largest absolute Gasteiger partial charge is 0.494 e. The van der Waals surface area contributed by atoms with E-state index in [0.717, 1.165) is 17.7 Å². The predicted octanol–water partition coefficient (Wildman–Crippen LogP) is 1.61. The topological polar surface area (TPSA) is 75.6 Å². The molecule has 1 aromatic rings. The van der Waals surface area contributed by atoms with Crippen molar-refractivity contribution < 1.29 is 19.4 Å². The molecule has 5 nitrogen and oxygen atoms in total. The summed E-state index contributed by atoms with van der Waals surface area (Å²) < 4.78 is 5.44. The van der Waals surface area contributed by atoms with Gasteiger partial charge in [0, 0.05) is 13.3 Å². The lowest BCUT2D eigenvalue weighted by molar-refractivity contribution is -0.141. The summed E-state index contributed by atoms with van der Waals surface area (Å²) in [5.74, 6) is -0.631. The molecular formula is C14H19NO4. The SMILES string of the molecule is CCCOc1ccc(CC(NC(C)=O)C(=O)O)cc1. The smallest absolute Gasteiger partial charge is 0.326 e. The van der Waals surface area contributed by atoms with Crippen LogP contribution in [0.25, 0.3) is 0 Å². The van der Waals surface area contributed by atoms with E-state index in [1.807, 2.05) is 19.1 Å². The number of hydrogen-bond donors (Lipinski definition) is 2. The van der Waals surface area contributed by atoms with Gasteiger partial charge in [-0.05, 0) is 24.1 Å². The number of aliphatic carboxylic acids is 1. The third-order valence-electron chi connectivity index (χ3n) is 2.51. The molecule has 0 saturated heterocycles. The summed E-state index contributed by atoms with van der Waals surface area (Å²) in [6.45, 7) is 3.99. The highest BCUT2D eigenvalue weighted by atomic mass is 16.5. The fourth-order valence-corrected chi connectivity index (χ4v) is 1.62. The molecule has 0 saturated carbocycles. The molecular weight excluding hydrogens is 246 g/mol. The molecule has 0 aliphatic carbocycles. The quantitative estimate of drug-likeness (QED) is 0.785. The zero-order valence-corrected chi connectivity index (χ0v) is 11.2. The highest BCUT2D eigenvalue weighted by molar-refractivity contribution is 5.82. The molecule has 0 spiro atoms. The second-order valence-electron chi connectivity index (χ2n) is 4.29. The molecule has 0 aliphatic heterocycles. The van der Waals surface area contributed by atoms with E-state index in [2.05, 4.69) is 5.32 Å². The van der Waals surface area contributed by atoms with Gasteiger partial charge in [0.15, 0.2) is 0 Å². The summed E-state index contributed by atoms with van der Waals surface area (Å²) >= 11 is 0. The summed E-state index contributed by atoms with van der Waals surface area (Å²) in [5.41, 5.74) is 0.838. The Hall–Kier alpha value is -2.04. The van der Waals surface area contributed by atoms with Crippen molar-refractivity contribution in [2.75, 3.05) is 6.61 Å². The molecule has 0 radical (unpaired) electrons. The van der Waals surface area contributed by atoms with Crippen LogP contribution in [0, 0.1) is 0 Å². The van der Waals surface area contributed by atoms with Gasteiger partial charge in [-0.1, -0.05) is 19.1 Å². The van der Waals surface area contributed by atoms with Crippen LogP contribution in [-0.4, -0.2) is 29.6 Å². The third kappa shape index (κ3) is 5.42. The van der Waals surface area contributed by atoms with E-state index in [1.54, 1.807) is 12.1 Å². The fraction of sp³-hybridized carbons (Fsp3) is 0.429. The molecule has 1 unspecified atom stereocenters. The molecule has 19 heavy (non-hydrogen) atoms. The van der Waals surface area contributed by atoms with Crippen molar-refractivity contribution in [1.82, 2.24) is 5.32 Å². The minimum absolute atomic E-state index is 0.253. The van der Waals surface area contributed by atoms with Crippen LogP contribution >= 0.6 is 0 Å². The Balaban J connectivity index is 2.64. The van der Waals surface area contributed by atoms with Gasteiger partial charge in [-0.3, -0.25) is 4.79 Å². The van der Waals surface area contributed by atoms with Gasteiger partial charge >= 0.3 is 5.97 Å². The average molecular weight is 265 g/mol. The van der Waals surface area contributed by atoms with Gasteiger partial charge in [0.2, 0.25) is 5.91 Å². The molecule has 0 fully saturated rings.